The average Bonchev–Trinajstić information content (AvgIpc) is 2.78. The van der Waals surface area contributed by atoms with Gasteiger partial charge >= 0.3 is 0 Å². The fourth-order valence-electron chi connectivity index (χ4n) is 3.69. The van der Waals surface area contributed by atoms with E-state index in [0.717, 1.165) is 36.6 Å². The van der Waals surface area contributed by atoms with Crippen molar-refractivity contribution < 1.29 is 18.6 Å². The minimum absolute atomic E-state index is 0.171. The van der Waals surface area contributed by atoms with Crippen molar-refractivity contribution in [1.82, 2.24) is 4.90 Å². The van der Waals surface area contributed by atoms with Gasteiger partial charge in [0.25, 0.3) is 0 Å². The summed E-state index contributed by atoms with van der Waals surface area (Å²) in [7, 11) is 3.28. The third-order valence-corrected chi connectivity index (χ3v) is 5.74. The molecule has 31 heavy (non-hydrogen) atoms. The lowest BCUT2D eigenvalue weighted by atomic mass is 9.98. The second kappa shape index (κ2) is 9.45. The van der Waals surface area contributed by atoms with Gasteiger partial charge in [-0.05, 0) is 35.7 Å². The molecule has 162 valence electrons. The van der Waals surface area contributed by atoms with E-state index in [9.17, 15) is 4.79 Å². The number of nitrogens with zero attached hydrogens (tertiary/aromatic N) is 1. The van der Waals surface area contributed by atoms with Crippen LogP contribution in [0.4, 0.5) is 0 Å². The van der Waals surface area contributed by atoms with E-state index in [1.807, 2.05) is 30.3 Å². The van der Waals surface area contributed by atoms with Gasteiger partial charge in [0.2, 0.25) is 11.2 Å². The largest absolute Gasteiger partial charge is 0.493 e. The highest BCUT2D eigenvalue weighted by Gasteiger charge is 2.20. The lowest BCUT2D eigenvalue weighted by molar-refractivity contribution is 0.219. The van der Waals surface area contributed by atoms with Crippen LogP contribution >= 0.6 is 11.6 Å². The van der Waals surface area contributed by atoms with Crippen molar-refractivity contribution in [2.24, 2.45) is 0 Å². The summed E-state index contributed by atoms with van der Waals surface area (Å²) in [4.78, 5) is 14.7. The van der Waals surface area contributed by atoms with Crippen molar-refractivity contribution >= 4 is 11.6 Å². The lowest BCUT2D eigenvalue weighted by Gasteiger charge is -2.29. The number of benzene rings is 2. The van der Waals surface area contributed by atoms with E-state index in [4.69, 9.17) is 30.2 Å². The molecule has 0 bridgehead atoms. The Kier molecular flexibility index (Phi) is 6.49. The molecule has 3 aromatic rings. The predicted octanol–water partition coefficient (Wildman–Crippen LogP) is 4.45. The molecular formula is C24H24ClNO5. The molecule has 0 aliphatic carbocycles. The first kappa shape index (κ1) is 21.3. The van der Waals surface area contributed by atoms with Crippen molar-refractivity contribution in [3.05, 3.63) is 86.4 Å². The Hall–Kier alpha value is -2.96. The SMILES string of the molecule is COc1cc2c(cc1OC)CN(Cc1cc(=O)c(OCc3ccccc3Cl)co1)CC2. The van der Waals surface area contributed by atoms with Crippen LogP contribution in [-0.2, 0) is 26.1 Å². The Labute approximate surface area is 185 Å². The second-order valence-electron chi connectivity index (χ2n) is 7.39. The van der Waals surface area contributed by atoms with E-state index in [1.54, 1.807) is 20.3 Å². The first-order chi connectivity index (χ1) is 15.1. The second-order valence-corrected chi connectivity index (χ2v) is 7.80. The number of ether oxygens (including phenoxy) is 3. The van der Waals surface area contributed by atoms with Gasteiger partial charge in [0.15, 0.2) is 11.5 Å². The molecule has 4 rings (SSSR count). The standard InChI is InChI=1S/C24H24ClNO5/c1-28-22-9-16-7-8-26(12-18(16)10-23(22)29-2)13-19-11-21(27)24(15-30-19)31-14-17-5-3-4-6-20(17)25/h3-6,9-11,15H,7-8,12-14H2,1-2H3. The van der Waals surface area contributed by atoms with Gasteiger partial charge in [-0.3, -0.25) is 9.69 Å². The Morgan fingerprint density at radius 3 is 2.48 bits per heavy atom. The maximum absolute atomic E-state index is 12.5. The molecule has 0 spiro atoms. The molecule has 1 aromatic heterocycles. The summed E-state index contributed by atoms with van der Waals surface area (Å²) >= 11 is 6.13. The molecule has 0 atom stereocenters. The van der Waals surface area contributed by atoms with Gasteiger partial charge in [0.1, 0.15) is 18.6 Å². The van der Waals surface area contributed by atoms with Crippen molar-refractivity contribution in [3.8, 4) is 17.2 Å². The van der Waals surface area contributed by atoms with E-state index in [2.05, 4.69) is 4.90 Å². The van der Waals surface area contributed by atoms with Crippen LogP contribution < -0.4 is 19.6 Å². The Morgan fingerprint density at radius 1 is 1.03 bits per heavy atom. The molecule has 0 unspecified atom stereocenters. The Balaban J connectivity index is 1.42. The number of hydrogen-bond donors (Lipinski definition) is 0. The number of methoxy groups -OCH3 is 2. The zero-order valence-electron chi connectivity index (χ0n) is 17.5. The van der Waals surface area contributed by atoms with Crippen LogP contribution in [0.2, 0.25) is 5.02 Å². The highest BCUT2D eigenvalue weighted by molar-refractivity contribution is 6.31. The van der Waals surface area contributed by atoms with Gasteiger partial charge in [-0.25, -0.2) is 0 Å². The summed E-state index contributed by atoms with van der Waals surface area (Å²) < 4.78 is 22.1. The Bertz CT molecular complexity index is 1130. The van der Waals surface area contributed by atoms with E-state index in [-0.39, 0.29) is 17.8 Å². The highest BCUT2D eigenvalue weighted by Crippen LogP contribution is 2.33. The van der Waals surface area contributed by atoms with E-state index in [0.29, 0.717) is 17.3 Å². The maximum Gasteiger partial charge on any atom is 0.227 e. The normalized spacial score (nSPS) is 13.5. The summed E-state index contributed by atoms with van der Waals surface area (Å²) in [5, 5.41) is 0.600. The van der Waals surface area contributed by atoms with Gasteiger partial charge < -0.3 is 18.6 Å². The zero-order chi connectivity index (χ0) is 21.8. The smallest absolute Gasteiger partial charge is 0.227 e. The van der Waals surface area contributed by atoms with Crippen molar-refractivity contribution in [3.63, 3.8) is 0 Å². The molecule has 1 aliphatic rings. The molecule has 7 heteroatoms. The molecule has 1 aliphatic heterocycles. The maximum atomic E-state index is 12.5. The molecule has 2 heterocycles. The van der Waals surface area contributed by atoms with Crippen LogP contribution in [0.3, 0.4) is 0 Å². The summed E-state index contributed by atoms with van der Waals surface area (Å²) in [6.45, 7) is 2.34. The summed E-state index contributed by atoms with van der Waals surface area (Å²) in [6.07, 6.45) is 2.26. The van der Waals surface area contributed by atoms with E-state index >= 15 is 0 Å². The highest BCUT2D eigenvalue weighted by atomic mass is 35.5. The van der Waals surface area contributed by atoms with Crippen LogP contribution in [0, 0.1) is 0 Å². The number of rotatable bonds is 7. The molecule has 2 aromatic carbocycles. The fourth-order valence-corrected chi connectivity index (χ4v) is 3.88. The predicted molar refractivity (Wildman–Crippen MR) is 118 cm³/mol. The minimum atomic E-state index is -0.211. The van der Waals surface area contributed by atoms with E-state index in [1.165, 1.54) is 23.5 Å². The molecule has 6 nitrogen and oxygen atoms in total. The van der Waals surface area contributed by atoms with Gasteiger partial charge in [-0.15, -0.1) is 0 Å². The third kappa shape index (κ3) is 4.86. The molecule has 0 N–H and O–H groups in total. The summed E-state index contributed by atoms with van der Waals surface area (Å²) in [5.41, 5.74) is 3.04. The van der Waals surface area contributed by atoms with Crippen molar-refractivity contribution in [1.29, 1.82) is 0 Å². The summed E-state index contributed by atoms with van der Waals surface area (Å²) in [5.74, 6) is 2.23. The average molecular weight is 442 g/mol. The van der Waals surface area contributed by atoms with Crippen LogP contribution in [0.5, 0.6) is 17.2 Å². The zero-order valence-corrected chi connectivity index (χ0v) is 18.3. The third-order valence-electron chi connectivity index (χ3n) is 5.37. The lowest BCUT2D eigenvalue weighted by Crippen LogP contribution is -2.30. The van der Waals surface area contributed by atoms with Crippen LogP contribution in [0.25, 0.3) is 0 Å². The molecule has 0 radical (unpaired) electrons. The van der Waals surface area contributed by atoms with Crippen LogP contribution in [0.1, 0.15) is 22.5 Å². The van der Waals surface area contributed by atoms with Crippen molar-refractivity contribution in [2.45, 2.75) is 26.1 Å². The minimum Gasteiger partial charge on any atom is -0.493 e. The molecule has 0 saturated carbocycles. The number of hydrogen-bond acceptors (Lipinski definition) is 6. The van der Waals surface area contributed by atoms with Crippen LogP contribution in [-0.4, -0.2) is 25.7 Å². The summed E-state index contributed by atoms with van der Waals surface area (Å²) in [6, 6.07) is 12.9. The van der Waals surface area contributed by atoms with Crippen LogP contribution in [0.15, 0.2) is 57.9 Å². The first-order valence-electron chi connectivity index (χ1n) is 10.0. The quantitative estimate of drug-likeness (QED) is 0.540. The van der Waals surface area contributed by atoms with Gasteiger partial charge in [0.05, 0.1) is 20.8 Å². The number of halogens is 1. The molecule has 0 amide bonds. The van der Waals surface area contributed by atoms with Gasteiger partial charge in [-0.2, -0.15) is 0 Å². The van der Waals surface area contributed by atoms with Crippen molar-refractivity contribution in [2.75, 3.05) is 20.8 Å². The topological polar surface area (TPSA) is 61.1 Å². The fraction of sp³-hybridized carbons (Fsp3) is 0.292. The molecule has 0 fully saturated rings. The van der Waals surface area contributed by atoms with Gasteiger partial charge in [-0.1, -0.05) is 29.8 Å². The molecular weight excluding hydrogens is 418 g/mol. The van der Waals surface area contributed by atoms with Gasteiger partial charge in [0, 0.05) is 29.7 Å². The first-order valence-corrected chi connectivity index (χ1v) is 10.4. The van der Waals surface area contributed by atoms with E-state index < -0.39 is 0 Å². The number of fused-ring (bicyclic) bond motifs is 1. The Morgan fingerprint density at radius 2 is 1.77 bits per heavy atom. The molecule has 0 saturated heterocycles. The monoisotopic (exact) mass is 441 g/mol.